The summed E-state index contributed by atoms with van der Waals surface area (Å²) in [5.74, 6) is -5.31. The first kappa shape index (κ1) is 60.7. The third-order valence-corrected chi connectivity index (χ3v) is 13.1. The van der Waals surface area contributed by atoms with Gasteiger partial charge in [-0.25, -0.2) is 9.13 Å². The summed E-state index contributed by atoms with van der Waals surface area (Å²) in [4.78, 5) is 70.4. The van der Waals surface area contributed by atoms with E-state index in [1.165, 1.54) is 37.8 Å². The lowest BCUT2D eigenvalue weighted by atomic mass is 9.87. The number of carbonyl (C=O) groups excluding carboxylic acids is 3. The van der Waals surface area contributed by atoms with Gasteiger partial charge in [0.15, 0.2) is 11.9 Å². The topological polar surface area (TPSA) is 293 Å². The number of cyclic esters (lactones) is 1. The smallest absolute Gasteiger partial charge is 0.462 e. The minimum absolute atomic E-state index is 0.0269. The zero-order valence-electron chi connectivity index (χ0n) is 39.4. The van der Waals surface area contributed by atoms with Crippen LogP contribution in [0.25, 0.3) is 0 Å². The molecule has 386 valence electrons. The van der Waals surface area contributed by atoms with E-state index in [1.54, 1.807) is 12.2 Å². The molecule has 1 unspecified atom stereocenters. The number of hydrogen-bond acceptors (Lipinski definition) is 15. The average molecular weight is 995 g/mol. The quantitative estimate of drug-likeness (QED) is 0.0211. The van der Waals surface area contributed by atoms with Crippen LogP contribution in [0.4, 0.5) is 0 Å². The summed E-state index contributed by atoms with van der Waals surface area (Å²) in [5.41, 5.74) is 0. The molecule has 0 fully saturated rings. The van der Waals surface area contributed by atoms with Crippen molar-refractivity contribution >= 4 is 33.4 Å². The number of hydrogen-bond donors (Lipinski definition) is 8. The monoisotopic (exact) mass is 994 g/mol. The Balaban J connectivity index is 2.32. The first-order valence-electron chi connectivity index (χ1n) is 24.2. The molecule has 2 rings (SSSR count). The Morgan fingerprint density at radius 2 is 1.48 bits per heavy atom. The standard InChI is InChI=1S/C47H80O18P2/c1-3-5-7-8-9-10-11-12-13-14-15-16-17-18-24-28-41(51)63-37-33-61-40(50)27-23-20-19-22-25-35-29-32-39(49)38(31-30-36(48)26-21-6-4-2)43(53)46(64-66(56,57)58)47(45(55)44(54)42(35)52)65-67(59,60)62-34-37/h10-11,19,22,29-32,35-38,42-48,52-55H,3-9,12-18,20-21,23-28,33-34H2,1-2H3,(H,59,60)(H2,56,57,58)/b11-10-,22-19-,31-30+,32-29-/t35-,36-,37+,38-,42+,43+,44-,45+,46+,47-/m0/s1. The zero-order valence-corrected chi connectivity index (χ0v) is 41.2. The zero-order chi connectivity index (χ0) is 49.7. The maximum absolute atomic E-state index is 13.8. The van der Waals surface area contributed by atoms with Crippen molar-refractivity contribution in [3.05, 3.63) is 48.6 Å². The minimum Gasteiger partial charge on any atom is -0.462 e. The molecular weight excluding hydrogens is 914 g/mol. The second-order valence-electron chi connectivity index (χ2n) is 17.5. The molecule has 0 saturated carbocycles. The van der Waals surface area contributed by atoms with Crippen molar-refractivity contribution in [3.8, 4) is 0 Å². The van der Waals surface area contributed by atoms with Crippen molar-refractivity contribution in [2.24, 2.45) is 11.8 Å². The van der Waals surface area contributed by atoms with Crippen molar-refractivity contribution in [3.63, 3.8) is 0 Å². The van der Waals surface area contributed by atoms with Crippen LogP contribution in [-0.2, 0) is 46.6 Å². The molecule has 11 atom stereocenters. The molecule has 67 heavy (non-hydrogen) atoms. The van der Waals surface area contributed by atoms with Gasteiger partial charge in [-0.15, -0.1) is 0 Å². The second kappa shape index (κ2) is 34.0. The summed E-state index contributed by atoms with van der Waals surface area (Å²) in [7, 11) is -11.4. The predicted octanol–water partition coefficient (Wildman–Crippen LogP) is 6.90. The molecular formula is C47H80O18P2. The number of rotatable bonds is 24. The molecule has 2 aliphatic rings. The Morgan fingerprint density at radius 3 is 2.13 bits per heavy atom. The van der Waals surface area contributed by atoms with Crippen LogP contribution in [0.5, 0.6) is 0 Å². The third kappa shape index (κ3) is 26.4. The fraction of sp³-hybridized carbons (Fsp3) is 0.766. The molecule has 0 radical (unpaired) electrons. The van der Waals surface area contributed by atoms with E-state index < -0.39 is 107 Å². The van der Waals surface area contributed by atoms with Crippen LogP contribution in [0.1, 0.15) is 155 Å². The fourth-order valence-electron chi connectivity index (χ4n) is 7.69. The van der Waals surface area contributed by atoms with E-state index in [0.717, 1.165) is 76.4 Å². The van der Waals surface area contributed by atoms with E-state index in [4.69, 9.17) is 23.0 Å². The summed E-state index contributed by atoms with van der Waals surface area (Å²) in [6.07, 6.45) is 11.5. The van der Waals surface area contributed by atoms with Gasteiger partial charge in [0.05, 0.1) is 30.8 Å². The lowest BCUT2D eigenvalue weighted by Gasteiger charge is -2.38. The van der Waals surface area contributed by atoms with Gasteiger partial charge in [-0.2, -0.15) is 0 Å². The van der Waals surface area contributed by atoms with Gasteiger partial charge in [-0.1, -0.05) is 127 Å². The molecule has 18 nitrogen and oxygen atoms in total. The summed E-state index contributed by atoms with van der Waals surface area (Å²) in [5, 5.41) is 56.5. The van der Waals surface area contributed by atoms with Gasteiger partial charge in [0.1, 0.15) is 31.0 Å². The molecule has 1 aliphatic carbocycles. The SMILES string of the molecule is CCCCCC/C=C\CCCCCCCCCC(=O)O[C@@H]1COC(=O)CCC/C=C\C[C@H]2/C=C\C(=O)[C@H](/C=C/[C@@H](O)CCCCC)[C@@H](O)[C@@H](OP(=O)(O)O)[C@@H](OP(=O)(O)OC1)[C@H](O)[C@@H](O)[C@@H]2O. The summed E-state index contributed by atoms with van der Waals surface area (Å²) in [6.45, 7) is 2.58. The third-order valence-electron chi connectivity index (χ3n) is 11.6. The Bertz CT molecular complexity index is 1630. The van der Waals surface area contributed by atoms with Crippen molar-refractivity contribution in [1.29, 1.82) is 0 Å². The summed E-state index contributed by atoms with van der Waals surface area (Å²) >= 11 is 0. The van der Waals surface area contributed by atoms with E-state index in [-0.39, 0.29) is 25.7 Å². The Labute approximate surface area is 396 Å². The van der Waals surface area contributed by atoms with Gasteiger partial charge in [0.2, 0.25) is 0 Å². The van der Waals surface area contributed by atoms with Crippen LogP contribution in [-0.4, -0.2) is 120 Å². The first-order chi connectivity index (χ1) is 31.9. The first-order valence-corrected chi connectivity index (χ1v) is 27.3. The van der Waals surface area contributed by atoms with Crippen LogP contribution in [0.3, 0.4) is 0 Å². The number of ether oxygens (including phenoxy) is 2. The maximum atomic E-state index is 13.8. The average Bonchev–Trinajstić information content (AvgIpc) is 3.28. The van der Waals surface area contributed by atoms with E-state index in [2.05, 4.69) is 19.1 Å². The molecule has 0 spiro atoms. The Hall–Kier alpha value is -2.41. The summed E-state index contributed by atoms with van der Waals surface area (Å²) < 4.78 is 52.1. The van der Waals surface area contributed by atoms with E-state index in [0.29, 0.717) is 25.7 Å². The van der Waals surface area contributed by atoms with Crippen molar-refractivity contribution in [1.82, 2.24) is 0 Å². The lowest BCUT2D eigenvalue weighted by Crippen LogP contribution is -2.56. The largest absolute Gasteiger partial charge is 0.472 e. The molecule has 0 amide bonds. The Morgan fingerprint density at radius 1 is 0.851 bits per heavy atom. The molecule has 1 aliphatic heterocycles. The number of allylic oxidation sites excluding steroid dienone is 5. The highest BCUT2D eigenvalue weighted by molar-refractivity contribution is 7.47. The molecule has 0 aromatic heterocycles. The number of fused-ring (bicyclic) bond motifs is 4. The number of ketones is 1. The van der Waals surface area contributed by atoms with E-state index in [1.807, 2.05) is 6.92 Å². The Kier molecular flexibility index (Phi) is 30.8. The highest BCUT2D eigenvalue weighted by Gasteiger charge is 2.50. The number of phosphoric acid groups is 2. The van der Waals surface area contributed by atoms with Gasteiger partial charge in [0, 0.05) is 18.8 Å². The van der Waals surface area contributed by atoms with E-state index in [9.17, 15) is 63.7 Å². The fourth-order valence-corrected chi connectivity index (χ4v) is 9.22. The highest BCUT2D eigenvalue weighted by atomic mass is 31.2. The molecule has 2 bridgehead atoms. The van der Waals surface area contributed by atoms with E-state index >= 15 is 0 Å². The molecule has 20 heteroatoms. The van der Waals surface area contributed by atoms with Crippen molar-refractivity contribution < 1.29 is 86.8 Å². The molecule has 0 saturated heterocycles. The lowest BCUT2D eigenvalue weighted by molar-refractivity contribution is -0.163. The number of unbranched alkanes of at least 4 members (excludes halogenated alkanes) is 13. The van der Waals surface area contributed by atoms with Gasteiger partial charge < -0.3 is 49.7 Å². The molecule has 8 N–H and O–H groups in total. The van der Waals surface area contributed by atoms with Gasteiger partial charge in [0.25, 0.3) is 0 Å². The van der Waals surface area contributed by atoms with Gasteiger partial charge >= 0.3 is 27.6 Å². The molecule has 0 aromatic rings. The second-order valence-corrected chi connectivity index (χ2v) is 20.1. The van der Waals surface area contributed by atoms with Crippen LogP contribution in [0, 0.1) is 11.8 Å². The normalized spacial score (nSPS) is 30.3. The minimum atomic E-state index is -5.75. The number of carbonyl (C=O) groups is 3. The van der Waals surface area contributed by atoms with Crippen LogP contribution < -0.4 is 0 Å². The van der Waals surface area contributed by atoms with Gasteiger partial charge in [-0.05, 0) is 63.9 Å². The number of phosphoric ester groups is 2. The summed E-state index contributed by atoms with van der Waals surface area (Å²) in [6, 6.07) is 0. The van der Waals surface area contributed by atoms with Crippen LogP contribution in [0.15, 0.2) is 48.6 Å². The highest BCUT2D eigenvalue weighted by Crippen LogP contribution is 2.49. The number of aliphatic hydroxyl groups is 5. The van der Waals surface area contributed by atoms with Crippen molar-refractivity contribution in [2.75, 3.05) is 13.2 Å². The maximum Gasteiger partial charge on any atom is 0.472 e. The van der Waals surface area contributed by atoms with Crippen LogP contribution in [0.2, 0.25) is 0 Å². The predicted molar refractivity (Wildman–Crippen MR) is 250 cm³/mol. The molecule has 1 heterocycles. The molecule has 0 aromatic carbocycles. The van der Waals surface area contributed by atoms with Crippen LogP contribution >= 0.6 is 15.6 Å². The number of aliphatic hydroxyl groups excluding tert-OH is 5. The van der Waals surface area contributed by atoms with Crippen molar-refractivity contribution in [2.45, 2.75) is 204 Å². The number of esters is 2. The van der Waals surface area contributed by atoms with Gasteiger partial charge in [-0.3, -0.25) is 28.0 Å².